The quantitative estimate of drug-likeness (QED) is 0.613. The Morgan fingerprint density at radius 1 is 0.818 bits per heavy atom. The first-order chi connectivity index (χ1) is 9.40. The lowest BCUT2D eigenvalue weighted by molar-refractivity contribution is 0.194. The van der Waals surface area contributed by atoms with Gasteiger partial charge in [-0.3, -0.25) is 9.97 Å². The Morgan fingerprint density at radius 3 is 1.50 bits per heavy atom. The molecule has 5 heteroatoms. The molecule has 0 aliphatic heterocycles. The van der Waals surface area contributed by atoms with E-state index in [1.54, 1.807) is 19.2 Å². The van der Waals surface area contributed by atoms with Crippen LogP contribution >= 0.6 is 31.9 Å². The molecule has 0 saturated heterocycles. The number of aliphatic hydroxyl groups is 1. The van der Waals surface area contributed by atoms with E-state index >= 15 is 0 Å². The topological polar surface area (TPSA) is 46.0 Å². The van der Waals surface area contributed by atoms with E-state index in [4.69, 9.17) is 5.11 Å². The van der Waals surface area contributed by atoms with Gasteiger partial charge in [-0.1, -0.05) is 28.7 Å². The first-order valence-electron chi connectivity index (χ1n) is 6.31. The van der Waals surface area contributed by atoms with Crippen LogP contribution in [-0.4, -0.2) is 15.1 Å². The van der Waals surface area contributed by atoms with Gasteiger partial charge in [-0.25, -0.2) is 0 Å². The third-order valence-corrected chi connectivity index (χ3v) is 3.46. The molecule has 0 bridgehead atoms. The fraction of sp³-hybridized carbons (Fsp3) is 0.412. The fourth-order valence-electron chi connectivity index (χ4n) is 1.36. The van der Waals surface area contributed by atoms with Crippen molar-refractivity contribution in [1.82, 2.24) is 9.97 Å². The molecule has 0 aromatic carbocycles. The minimum absolute atomic E-state index is 0. The molecule has 22 heavy (non-hydrogen) atoms. The van der Waals surface area contributed by atoms with Crippen molar-refractivity contribution in [3.05, 3.63) is 57.0 Å². The minimum atomic E-state index is -0.479. The summed E-state index contributed by atoms with van der Waals surface area (Å²) in [6.07, 6.45) is 3.02. The van der Waals surface area contributed by atoms with Gasteiger partial charge in [0.15, 0.2) is 0 Å². The standard InChI is InChI=1S/C8H10BrN.C7H8BrNO.2CH4/c1-6(2)8-4-3-7(9)5-10-8;1-5(10)7-3-2-6(8)4-9-7;;/h3-6H,1-2H3;2-5,10H,1H3;2*1H4/i6+2;5+2;;. The van der Waals surface area contributed by atoms with Gasteiger partial charge in [-0.2, -0.15) is 0 Å². The summed E-state index contributed by atoms with van der Waals surface area (Å²) in [7, 11) is 0. The lowest BCUT2D eigenvalue weighted by Crippen LogP contribution is -1.93. The van der Waals surface area contributed by atoms with Crippen molar-refractivity contribution in [2.75, 3.05) is 0 Å². The molecule has 0 aliphatic rings. The van der Waals surface area contributed by atoms with Gasteiger partial charge in [0.1, 0.15) is 0 Å². The van der Waals surface area contributed by atoms with Crippen LogP contribution in [0.15, 0.2) is 45.6 Å². The summed E-state index contributed by atoms with van der Waals surface area (Å²) < 4.78 is 1.97. The zero-order valence-corrected chi connectivity index (χ0v) is 14.9. The maximum Gasteiger partial charge on any atom is 0.0931 e. The van der Waals surface area contributed by atoms with Gasteiger partial charge in [0.2, 0.25) is 0 Å². The molecule has 0 spiro atoms. The molecule has 0 saturated carbocycles. The summed E-state index contributed by atoms with van der Waals surface area (Å²) >= 11 is 6.58. The van der Waals surface area contributed by atoms with Gasteiger partial charge in [0.05, 0.1) is 11.8 Å². The molecule has 2 aromatic heterocycles. The number of hydrogen-bond donors (Lipinski definition) is 1. The van der Waals surface area contributed by atoms with Crippen LogP contribution < -0.4 is 0 Å². The Hall–Kier alpha value is -0.780. The zero-order valence-electron chi connectivity index (χ0n) is 11.7. The summed E-state index contributed by atoms with van der Waals surface area (Å²) in [5, 5.41) is 9.04. The highest BCUT2D eigenvalue weighted by molar-refractivity contribution is 9.10. The predicted molar refractivity (Wildman–Crippen MR) is 102 cm³/mol. The van der Waals surface area contributed by atoms with Crippen LogP contribution in [-0.2, 0) is 0 Å². The predicted octanol–water partition coefficient (Wildman–Crippen LogP) is 6.14. The maximum atomic E-state index is 9.04. The van der Waals surface area contributed by atoms with Gasteiger partial charge < -0.3 is 5.11 Å². The van der Waals surface area contributed by atoms with Crippen molar-refractivity contribution < 1.29 is 5.11 Å². The zero-order chi connectivity index (χ0) is 15.1. The van der Waals surface area contributed by atoms with E-state index in [-0.39, 0.29) is 14.9 Å². The average Bonchev–Trinajstić information content (AvgIpc) is 2.40. The van der Waals surface area contributed by atoms with Crippen molar-refractivity contribution in [2.24, 2.45) is 0 Å². The van der Waals surface area contributed by atoms with Crippen LogP contribution in [0, 0.1) is 0 Å². The lowest BCUT2D eigenvalue weighted by Gasteiger charge is -2.01. The van der Waals surface area contributed by atoms with Crippen LogP contribution in [0.2, 0.25) is 0 Å². The number of aromatic nitrogens is 2. The molecule has 0 fully saturated rings. The third-order valence-electron chi connectivity index (χ3n) is 2.52. The molecule has 1 unspecified atom stereocenters. The Kier molecular flexibility index (Phi) is 12.5. The van der Waals surface area contributed by atoms with Gasteiger partial charge >= 0.3 is 0 Å². The first kappa shape index (κ1) is 23.5. The van der Waals surface area contributed by atoms with Crippen molar-refractivity contribution in [3.8, 4) is 0 Å². The average molecular weight is 438 g/mol. The molecule has 0 aliphatic carbocycles. The van der Waals surface area contributed by atoms with E-state index < -0.39 is 6.10 Å². The second-order valence-corrected chi connectivity index (χ2v) is 6.46. The molecule has 1 N–H and O–H groups in total. The van der Waals surface area contributed by atoms with Crippen molar-refractivity contribution in [1.29, 1.82) is 0 Å². The second-order valence-electron chi connectivity index (χ2n) is 4.63. The molecular formula is C17H26Br2N2O. The van der Waals surface area contributed by atoms with Crippen LogP contribution in [0.5, 0.6) is 0 Å². The van der Waals surface area contributed by atoms with Crippen LogP contribution in [0.3, 0.4) is 0 Å². The maximum absolute atomic E-state index is 9.04. The molecule has 2 rings (SSSR count). The molecule has 2 aromatic rings. The molecule has 0 amide bonds. The Bertz CT molecular complexity index is 462. The number of hydrogen-bond acceptors (Lipinski definition) is 3. The largest absolute Gasteiger partial charge is 0.387 e. The van der Waals surface area contributed by atoms with E-state index in [2.05, 4.69) is 55.7 Å². The van der Waals surface area contributed by atoms with E-state index in [0.29, 0.717) is 11.6 Å². The molecular weight excluding hydrogens is 412 g/mol. The number of pyridine rings is 2. The first-order valence-corrected chi connectivity index (χ1v) is 7.89. The summed E-state index contributed by atoms with van der Waals surface area (Å²) in [6.45, 7) is 5.96. The van der Waals surface area contributed by atoms with E-state index in [1.165, 1.54) is 0 Å². The SMILES string of the molecule is C.C.C[14CH](C)c1ccc(Br)cn1.C[14CH](O)c1ccc(Br)cn1. The molecule has 1 atom stereocenters. The van der Waals surface area contributed by atoms with Crippen molar-refractivity contribution in [3.63, 3.8) is 0 Å². The van der Waals surface area contributed by atoms with Crippen LogP contribution in [0.25, 0.3) is 0 Å². The summed E-state index contributed by atoms with van der Waals surface area (Å²) in [6, 6.07) is 7.70. The highest BCUT2D eigenvalue weighted by Crippen LogP contribution is 2.14. The Labute approximate surface area is 151 Å². The van der Waals surface area contributed by atoms with Gasteiger partial charge in [-0.05, 0) is 69.0 Å². The second kappa shape index (κ2) is 11.7. The number of halogens is 2. The molecule has 2 heterocycles. The molecule has 3 nitrogen and oxygen atoms in total. The Morgan fingerprint density at radius 2 is 1.23 bits per heavy atom. The van der Waals surface area contributed by atoms with Crippen LogP contribution in [0.1, 0.15) is 59.0 Å². The summed E-state index contributed by atoms with van der Waals surface area (Å²) in [5.74, 6) is 0.521. The number of rotatable bonds is 2. The highest BCUT2D eigenvalue weighted by atomic mass is 79.9. The van der Waals surface area contributed by atoms with E-state index in [1.807, 2.05) is 24.4 Å². The van der Waals surface area contributed by atoms with Gasteiger partial charge in [0, 0.05) is 27.0 Å². The van der Waals surface area contributed by atoms with Gasteiger partial charge in [0.25, 0.3) is 0 Å². The Balaban J connectivity index is 0. The van der Waals surface area contributed by atoms with Crippen molar-refractivity contribution in [2.45, 2.75) is 47.6 Å². The van der Waals surface area contributed by atoms with Crippen LogP contribution in [0.4, 0.5) is 0 Å². The van der Waals surface area contributed by atoms with Crippen molar-refractivity contribution >= 4 is 31.9 Å². The molecule has 0 radical (unpaired) electrons. The normalized spacial score (nSPS) is 10.7. The monoisotopic (exact) mass is 436 g/mol. The lowest BCUT2D eigenvalue weighted by atomic mass is 10.4. The summed E-state index contributed by atoms with van der Waals surface area (Å²) in [5.41, 5.74) is 1.84. The number of aliphatic hydroxyl groups excluding tert-OH is 1. The number of nitrogens with zero attached hydrogens (tertiary/aromatic N) is 2. The minimum Gasteiger partial charge on any atom is -0.387 e. The fourth-order valence-corrected chi connectivity index (χ4v) is 1.83. The van der Waals surface area contributed by atoms with Gasteiger partial charge in [-0.15, -0.1) is 0 Å². The highest BCUT2D eigenvalue weighted by Gasteiger charge is 1.99. The van der Waals surface area contributed by atoms with E-state index in [9.17, 15) is 0 Å². The third kappa shape index (κ3) is 8.61. The molecule has 124 valence electrons. The summed E-state index contributed by atoms with van der Waals surface area (Å²) in [4.78, 5) is 8.21. The van der Waals surface area contributed by atoms with E-state index in [0.717, 1.165) is 14.6 Å². The smallest absolute Gasteiger partial charge is 0.0931 e.